The predicted octanol–water partition coefficient (Wildman–Crippen LogP) is 3.04. The monoisotopic (exact) mass is 253 g/mol. The molecule has 0 atom stereocenters. The Labute approximate surface area is 114 Å². The minimum atomic E-state index is 0.801. The van der Waals surface area contributed by atoms with Crippen LogP contribution >= 0.6 is 0 Å². The van der Waals surface area contributed by atoms with Crippen molar-refractivity contribution in [2.75, 3.05) is 18.1 Å². The highest BCUT2D eigenvalue weighted by molar-refractivity contribution is 5.49. The van der Waals surface area contributed by atoms with Gasteiger partial charge in [-0.2, -0.15) is 0 Å². The Balaban J connectivity index is 2.05. The number of hydrogen-bond acceptors (Lipinski definition) is 3. The first-order chi connectivity index (χ1) is 9.35. The fourth-order valence-corrected chi connectivity index (χ4v) is 1.92. The minimum absolute atomic E-state index is 0.801. The topological polar surface area (TPSA) is 18.5 Å². The summed E-state index contributed by atoms with van der Waals surface area (Å²) in [4.78, 5) is 2.19. The van der Waals surface area contributed by atoms with Crippen LogP contribution < -0.4 is 10.4 Å². The molecule has 98 valence electrons. The highest BCUT2D eigenvalue weighted by atomic mass is 15.5. The molecule has 0 aliphatic carbocycles. The van der Waals surface area contributed by atoms with E-state index in [0.717, 1.165) is 24.5 Å². The lowest BCUT2D eigenvalue weighted by Gasteiger charge is -2.29. The Morgan fingerprint density at radius 2 is 1.79 bits per heavy atom. The zero-order valence-electron chi connectivity index (χ0n) is 11.0. The predicted molar refractivity (Wildman–Crippen MR) is 81.2 cm³/mol. The summed E-state index contributed by atoms with van der Waals surface area (Å²) in [5.41, 5.74) is 5.48. The van der Waals surface area contributed by atoms with E-state index in [1.165, 1.54) is 0 Å². The highest BCUT2D eigenvalue weighted by Crippen LogP contribution is 2.16. The molecule has 0 fully saturated rings. The summed E-state index contributed by atoms with van der Waals surface area (Å²) < 4.78 is 0. The molecule has 0 spiro atoms. The first-order valence-corrected chi connectivity index (χ1v) is 6.30. The van der Waals surface area contributed by atoms with E-state index in [2.05, 4.69) is 41.7 Å². The van der Waals surface area contributed by atoms with Crippen LogP contribution in [0.3, 0.4) is 0 Å². The molecule has 1 aromatic rings. The van der Waals surface area contributed by atoms with E-state index >= 15 is 0 Å². The second-order valence-corrected chi connectivity index (χ2v) is 4.20. The summed E-state index contributed by atoms with van der Waals surface area (Å²) in [6.07, 6.45) is 9.86. The third kappa shape index (κ3) is 3.28. The first kappa shape index (κ1) is 13.0. The molecule has 0 aromatic heterocycles. The summed E-state index contributed by atoms with van der Waals surface area (Å²) in [7, 11) is 0. The van der Waals surface area contributed by atoms with Gasteiger partial charge < -0.3 is 4.90 Å². The third-order valence-electron chi connectivity index (χ3n) is 2.84. The van der Waals surface area contributed by atoms with Crippen LogP contribution in [-0.2, 0) is 0 Å². The fraction of sp³-hybridized carbons (Fsp3) is 0.125. The van der Waals surface area contributed by atoms with Crippen LogP contribution in [0.15, 0.2) is 79.8 Å². The molecule has 0 unspecified atom stereocenters. The number of benzene rings is 1. The molecule has 0 saturated heterocycles. The smallest absolute Gasteiger partial charge is 0.0623 e. The van der Waals surface area contributed by atoms with Crippen molar-refractivity contribution in [2.24, 2.45) is 0 Å². The van der Waals surface area contributed by atoms with E-state index in [4.69, 9.17) is 0 Å². The number of rotatable bonds is 6. The van der Waals surface area contributed by atoms with Gasteiger partial charge in [-0.15, -0.1) is 13.2 Å². The van der Waals surface area contributed by atoms with Crippen LogP contribution in [0.1, 0.15) is 0 Å². The number of hydrazine groups is 1. The Morgan fingerprint density at radius 3 is 2.32 bits per heavy atom. The van der Waals surface area contributed by atoms with Crippen LogP contribution in [0.25, 0.3) is 0 Å². The van der Waals surface area contributed by atoms with Gasteiger partial charge >= 0.3 is 0 Å². The fourth-order valence-electron chi connectivity index (χ4n) is 1.92. The number of hydrogen-bond donors (Lipinski definition) is 1. The summed E-state index contributed by atoms with van der Waals surface area (Å²) in [6.45, 7) is 9.17. The lowest BCUT2D eigenvalue weighted by molar-refractivity contribution is 0.429. The molecular formula is C16H19N3. The van der Waals surface area contributed by atoms with Crippen LogP contribution in [0, 0.1) is 0 Å². The molecule has 1 aliphatic rings. The van der Waals surface area contributed by atoms with E-state index in [9.17, 15) is 0 Å². The first-order valence-electron chi connectivity index (χ1n) is 6.30. The maximum atomic E-state index is 3.78. The average Bonchev–Trinajstić information content (AvgIpc) is 2.48. The van der Waals surface area contributed by atoms with Crippen molar-refractivity contribution in [3.8, 4) is 0 Å². The van der Waals surface area contributed by atoms with E-state index in [0.29, 0.717) is 0 Å². The maximum Gasteiger partial charge on any atom is 0.0623 e. The van der Waals surface area contributed by atoms with Crippen molar-refractivity contribution in [3.05, 3.63) is 79.8 Å². The molecular weight excluding hydrogens is 234 g/mol. The summed E-state index contributed by atoms with van der Waals surface area (Å²) in [6, 6.07) is 10.2. The van der Waals surface area contributed by atoms with Crippen molar-refractivity contribution < 1.29 is 0 Å². The van der Waals surface area contributed by atoms with Gasteiger partial charge in [0, 0.05) is 25.5 Å². The molecule has 1 heterocycles. The molecule has 1 N–H and O–H groups in total. The van der Waals surface area contributed by atoms with E-state index < -0.39 is 0 Å². The van der Waals surface area contributed by atoms with Gasteiger partial charge in [-0.1, -0.05) is 30.4 Å². The highest BCUT2D eigenvalue weighted by Gasteiger charge is 2.09. The van der Waals surface area contributed by atoms with E-state index in [1.807, 2.05) is 47.8 Å². The average molecular weight is 253 g/mol. The second kappa shape index (κ2) is 6.50. The van der Waals surface area contributed by atoms with Crippen LogP contribution in [0.5, 0.6) is 0 Å². The van der Waals surface area contributed by atoms with Crippen molar-refractivity contribution >= 4 is 5.69 Å². The largest absolute Gasteiger partial charge is 0.363 e. The Bertz CT molecular complexity index is 478. The molecule has 19 heavy (non-hydrogen) atoms. The summed E-state index contributed by atoms with van der Waals surface area (Å²) in [5, 5.41) is 1.98. The van der Waals surface area contributed by atoms with Gasteiger partial charge in [-0.25, -0.2) is 0 Å². The van der Waals surface area contributed by atoms with Gasteiger partial charge in [0.25, 0.3) is 0 Å². The molecule has 0 amide bonds. The number of anilines is 1. The van der Waals surface area contributed by atoms with Gasteiger partial charge in [0.2, 0.25) is 0 Å². The molecule has 0 radical (unpaired) electrons. The van der Waals surface area contributed by atoms with Gasteiger partial charge in [-0.05, 0) is 18.2 Å². The molecule has 3 heteroatoms. The number of nitrogens with zero attached hydrogens (tertiary/aromatic N) is 2. The zero-order valence-corrected chi connectivity index (χ0v) is 11.0. The third-order valence-corrected chi connectivity index (χ3v) is 2.84. The SMILES string of the molecule is C=CCN(CC=C)C1=CNN(c2ccccc2)C=C1. The second-order valence-electron chi connectivity index (χ2n) is 4.20. The Hall–Kier alpha value is -2.42. The number of para-hydroxylation sites is 1. The lowest BCUT2D eigenvalue weighted by atomic mass is 10.3. The van der Waals surface area contributed by atoms with Gasteiger partial charge in [0.1, 0.15) is 0 Å². The molecule has 0 bridgehead atoms. The van der Waals surface area contributed by atoms with Crippen molar-refractivity contribution in [1.29, 1.82) is 0 Å². The van der Waals surface area contributed by atoms with Gasteiger partial charge in [0.15, 0.2) is 0 Å². The van der Waals surface area contributed by atoms with Crippen molar-refractivity contribution in [3.63, 3.8) is 0 Å². The van der Waals surface area contributed by atoms with Crippen molar-refractivity contribution in [1.82, 2.24) is 10.3 Å². The number of allylic oxidation sites excluding steroid dienone is 1. The van der Waals surface area contributed by atoms with Gasteiger partial charge in [-0.3, -0.25) is 10.4 Å². The van der Waals surface area contributed by atoms with Gasteiger partial charge in [0.05, 0.1) is 11.4 Å². The standard InChI is InChI=1S/C16H19N3/c1-3-11-18(12-4-2)16-10-13-19(17-14-16)15-8-6-5-7-9-15/h3-10,13-14,17H,1-2,11-12H2. The number of nitrogens with one attached hydrogen (secondary N) is 1. The van der Waals surface area contributed by atoms with E-state index in [-0.39, 0.29) is 0 Å². The molecule has 2 rings (SSSR count). The maximum absolute atomic E-state index is 3.78. The summed E-state index contributed by atoms with van der Waals surface area (Å²) in [5.74, 6) is 0. The quantitative estimate of drug-likeness (QED) is 0.786. The minimum Gasteiger partial charge on any atom is -0.363 e. The summed E-state index contributed by atoms with van der Waals surface area (Å²) >= 11 is 0. The van der Waals surface area contributed by atoms with E-state index in [1.54, 1.807) is 0 Å². The molecule has 1 aromatic carbocycles. The van der Waals surface area contributed by atoms with Crippen LogP contribution in [0.2, 0.25) is 0 Å². The van der Waals surface area contributed by atoms with Crippen LogP contribution in [0.4, 0.5) is 5.69 Å². The van der Waals surface area contributed by atoms with Crippen molar-refractivity contribution in [2.45, 2.75) is 0 Å². The Kier molecular flexibility index (Phi) is 4.45. The Morgan fingerprint density at radius 1 is 1.11 bits per heavy atom. The molecule has 3 nitrogen and oxygen atoms in total. The zero-order chi connectivity index (χ0) is 13.5. The molecule has 0 saturated carbocycles. The van der Waals surface area contributed by atoms with Crippen LogP contribution in [-0.4, -0.2) is 18.0 Å². The molecule has 1 aliphatic heterocycles. The normalized spacial score (nSPS) is 13.5. The lowest BCUT2D eigenvalue weighted by Crippen LogP contribution is -2.34.